The topological polar surface area (TPSA) is 101 Å². The molecule has 1 heterocycles. The molecule has 1 aliphatic rings. The predicted octanol–water partition coefficient (Wildman–Crippen LogP) is 1.05. The highest BCUT2D eigenvalue weighted by atomic mass is 16.2. The van der Waals surface area contributed by atoms with E-state index in [2.05, 4.69) is 26.1 Å². The lowest BCUT2D eigenvalue weighted by Crippen LogP contribution is -2.46. The zero-order valence-electron chi connectivity index (χ0n) is 13.5. The Hall–Kier alpha value is -1.30. The average molecular weight is 298 g/mol. The maximum absolute atomic E-state index is 12.3. The van der Waals surface area contributed by atoms with Crippen molar-refractivity contribution in [2.24, 2.45) is 22.8 Å². The van der Waals surface area contributed by atoms with Gasteiger partial charge in [0.05, 0.1) is 0 Å². The van der Waals surface area contributed by atoms with Crippen molar-refractivity contribution in [2.75, 3.05) is 19.6 Å². The number of carbonyl (C=O) groups excluding carboxylic acids is 2. The van der Waals surface area contributed by atoms with E-state index in [9.17, 15) is 9.59 Å². The standard InChI is InChI=1S/C15H30N4O2/c1-15(2,3)8-12(16)7-13(20)19-6-4-5-11(10-19)9-18-14(17)21/h11-12H,4-10,16H2,1-3H3,(H3,17,18,21). The van der Waals surface area contributed by atoms with Crippen LogP contribution in [0.2, 0.25) is 0 Å². The van der Waals surface area contributed by atoms with Gasteiger partial charge in [0.2, 0.25) is 5.91 Å². The summed E-state index contributed by atoms with van der Waals surface area (Å²) in [5, 5.41) is 2.62. The first-order valence-electron chi connectivity index (χ1n) is 7.74. The average Bonchev–Trinajstić information content (AvgIpc) is 2.34. The van der Waals surface area contributed by atoms with Gasteiger partial charge in [-0.1, -0.05) is 20.8 Å². The Bertz CT molecular complexity index is 365. The summed E-state index contributed by atoms with van der Waals surface area (Å²) >= 11 is 0. The molecule has 0 aromatic rings. The van der Waals surface area contributed by atoms with Crippen molar-refractivity contribution in [3.05, 3.63) is 0 Å². The molecule has 0 bridgehead atoms. The molecule has 0 radical (unpaired) electrons. The van der Waals surface area contributed by atoms with Crippen LogP contribution in [0.15, 0.2) is 0 Å². The molecule has 0 aromatic carbocycles. The van der Waals surface area contributed by atoms with E-state index in [1.54, 1.807) is 0 Å². The van der Waals surface area contributed by atoms with Crippen LogP contribution < -0.4 is 16.8 Å². The highest BCUT2D eigenvalue weighted by molar-refractivity contribution is 5.77. The number of nitrogens with one attached hydrogen (secondary N) is 1. The molecule has 0 aliphatic carbocycles. The summed E-state index contributed by atoms with van der Waals surface area (Å²) in [6.07, 6.45) is 3.20. The van der Waals surface area contributed by atoms with Crippen molar-refractivity contribution in [2.45, 2.75) is 52.5 Å². The third kappa shape index (κ3) is 7.32. The van der Waals surface area contributed by atoms with Gasteiger partial charge in [-0.25, -0.2) is 4.79 Å². The summed E-state index contributed by atoms with van der Waals surface area (Å²) in [5.74, 6) is 0.407. The van der Waals surface area contributed by atoms with E-state index < -0.39 is 6.03 Å². The molecule has 0 saturated carbocycles. The van der Waals surface area contributed by atoms with Crippen LogP contribution in [-0.4, -0.2) is 42.5 Å². The zero-order valence-corrected chi connectivity index (χ0v) is 13.5. The lowest BCUT2D eigenvalue weighted by molar-refractivity contribution is -0.133. The van der Waals surface area contributed by atoms with E-state index in [4.69, 9.17) is 11.5 Å². The van der Waals surface area contributed by atoms with Gasteiger partial charge >= 0.3 is 6.03 Å². The molecule has 0 spiro atoms. The number of urea groups is 1. The van der Waals surface area contributed by atoms with Crippen LogP contribution in [-0.2, 0) is 4.79 Å². The fourth-order valence-corrected chi connectivity index (χ4v) is 2.92. The molecule has 3 amide bonds. The van der Waals surface area contributed by atoms with E-state index in [0.717, 1.165) is 25.8 Å². The summed E-state index contributed by atoms with van der Waals surface area (Å²) in [6.45, 7) is 8.39. The molecule has 6 nitrogen and oxygen atoms in total. The van der Waals surface area contributed by atoms with Crippen molar-refractivity contribution in [3.63, 3.8) is 0 Å². The Balaban J connectivity index is 2.41. The number of piperidine rings is 1. The van der Waals surface area contributed by atoms with Crippen molar-refractivity contribution in [3.8, 4) is 0 Å². The van der Waals surface area contributed by atoms with Gasteiger partial charge in [-0.2, -0.15) is 0 Å². The van der Waals surface area contributed by atoms with Crippen molar-refractivity contribution in [1.82, 2.24) is 10.2 Å². The SMILES string of the molecule is CC(C)(C)CC(N)CC(=O)N1CCCC(CNC(N)=O)C1. The fourth-order valence-electron chi connectivity index (χ4n) is 2.92. The number of nitrogens with zero attached hydrogens (tertiary/aromatic N) is 1. The Labute approximate surface area is 127 Å². The number of rotatable bonds is 5. The quantitative estimate of drug-likeness (QED) is 0.707. The van der Waals surface area contributed by atoms with Gasteiger partial charge in [-0.15, -0.1) is 0 Å². The minimum Gasteiger partial charge on any atom is -0.352 e. The minimum atomic E-state index is -0.509. The van der Waals surface area contributed by atoms with Crippen LogP contribution in [0.5, 0.6) is 0 Å². The summed E-state index contributed by atoms with van der Waals surface area (Å²) in [7, 11) is 0. The van der Waals surface area contributed by atoms with E-state index in [1.807, 2.05) is 4.90 Å². The lowest BCUT2D eigenvalue weighted by atomic mass is 9.87. The molecule has 0 aromatic heterocycles. The van der Waals surface area contributed by atoms with Crippen LogP contribution in [0.4, 0.5) is 4.79 Å². The first kappa shape index (κ1) is 17.8. The van der Waals surface area contributed by atoms with Gasteiger partial charge < -0.3 is 21.7 Å². The van der Waals surface area contributed by atoms with E-state index in [0.29, 0.717) is 19.5 Å². The minimum absolute atomic E-state index is 0.0957. The largest absolute Gasteiger partial charge is 0.352 e. The molecule has 1 aliphatic heterocycles. The van der Waals surface area contributed by atoms with Gasteiger partial charge in [-0.3, -0.25) is 4.79 Å². The molecule has 1 fully saturated rings. The fraction of sp³-hybridized carbons (Fsp3) is 0.867. The maximum Gasteiger partial charge on any atom is 0.312 e. The molecular weight excluding hydrogens is 268 g/mol. The van der Waals surface area contributed by atoms with Crippen molar-refractivity contribution >= 4 is 11.9 Å². The second-order valence-electron chi connectivity index (χ2n) is 7.32. The molecule has 2 atom stereocenters. The van der Waals surface area contributed by atoms with Crippen LogP contribution in [0.3, 0.4) is 0 Å². The highest BCUT2D eigenvalue weighted by Crippen LogP contribution is 2.22. The number of hydrogen-bond donors (Lipinski definition) is 3. The maximum atomic E-state index is 12.3. The third-order valence-corrected chi connectivity index (χ3v) is 3.75. The second kappa shape index (κ2) is 7.64. The molecule has 5 N–H and O–H groups in total. The van der Waals surface area contributed by atoms with Gasteiger partial charge in [0.25, 0.3) is 0 Å². The molecule has 6 heteroatoms. The number of likely N-dealkylation sites (tertiary alicyclic amines) is 1. The number of primary amides is 1. The molecule has 1 saturated heterocycles. The van der Waals surface area contributed by atoms with Crippen LogP contribution >= 0.6 is 0 Å². The second-order valence-corrected chi connectivity index (χ2v) is 7.32. The number of hydrogen-bond acceptors (Lipinski definition) is 3. The zero-order chi connectivity index (χ0) is 16.0. The first-order valence-corrected chi connectivity index (χ1v) is 7.74. The van der Waals surface area contributed by atoms with E-state index in [-0.39, 0.29) is 23.3 Å². The van der Waals surface area contributed by atoms with E-state index in [1.165, 1.54) is 0 Å². The smallest absolute Gasteiger partial charge is 0.312 e. The number of carbonyl (C=O) groups is 2. The number of amides is 3. The Morgan fingerprint density at radius 2 is 2.05 bits per heavy atom. The van der Waals surface area contributed by atoms with Gasteiger partial charge in [0.15, 0.2) is 0 Å². The normalized spacial score (nSPS) is 21.0. The van der Waals surface area contributed by atoms with Crippen molar-refractivity contribution in [1.29, 1.82) is 0 Å². The monoisotopic (exact) mass is 298 g/mol. The van der Waals surface area contributed by atoms with Gasteiger partial charge in [0.1, 0.15) is 0 Å². The summed E-state index contributed by atoms with van der Waals surface area (Å²) < 4.78 is 0. The summed E-state index contributed by atoms with van der Waals surface area (Å²) in [5.41, 5.74) is 11.3. The number of nitrogens with two attached hydrogens (primary N) is 2. The van der Waals surface area contributed by atoms with Gasteiger partial charge in [-0.05, 0) is 30.6 Å². The Kier molecular flexibility index (Phi) is 6.45. The van der Waals surface area contributed by atoms with Crippen molar-refractivity contribution < 1.29 is 9.59 Å². The predicted molar refractivity (Wildman–Crippen MR) is 83.6 cm³/mol. The van der Waals surface area contributed by atoms with Crippen LogP contribution in [0.1, 0.15) is 46.5 Å². The Morgan fingerprint density at radius 1 is 1.38 bits per heavy atom. The third-order valence-electron chi connectivity index (χ3n) is 3.75. The lowest BCUT2D eigenvalue weighted by Gasteiger charge is -2.34. The molecule has 2 unspecified atom stereocenters. The van der Waals surface area contributed by atoms with Crippen LogP contribution in [0.25, 0.3) is 0 Å². The van der Waals surface area contributed by atoms with Crippen LogP contribution in [0, 0.1) is 11.3 Å². The Morgan fingerprint density at radius 3 is 2.62 bits per heavy atom. The molecule has 1 rings (SSSR count). The molecule has 122 valence electrons. The first-order chi connectivity index (χ1) is 9.67. The molecule has 21 heavy (non-hydrogen) atoms. The molecular formula is C15H30N4O2. The van der Waals surface area contributed by atoms with Gasteiger partial charge in [0, 0.05) is 32.1 Å². The highest BCUT2D eigenvalue weighted by Gasteiger charge is 2.26. The van der Waals surface area contributed by atoms with E-state index >= 15 is 0 Å². The summed E-state index contributed by atoms with van der Waals surface area (Å²) in [4.78, 5) is 24.9. The summed E-state index contributed by atoms with van der Waals surface area (Å²) in [6, 6.07) is -0.604.